The number of hydrogen-bond acceptors (Lipinski definition) is 1. The number of hydrogen-bond donors (Lipinski definition) is 1. The van der Waals surface area contributed by atoms with Gasteiger partial charge in [0, 0.05) is 0 Å². The number of allylic oxidation sites excluding steroid dienone is 25. The molecule has 0 aromatic carbocycles. The van der Waals surface area contributed by atoms with Crippen LogP contribution in [0.5, 0.6) is 0 Å². The van der Waals surface area contributed by atoms with Gasteiger partial charge in [0.1, 0.15) is 0 Å². The average molecular weight is 904 g/mol. The molecule has 0 fully saturated rings. The van der Waals surface area contributed by atoms with Crippen LogP contribution in [0.15, 0.2) is 151 Å². The van der Waals surface area contributed by atoms with E-state index in [1.165, 1.54) is 137 Å². The van der Waals surface area contributed by atoms with Gasteiger partial charge in [-0.05, 0) is 251 Å². The zero-order valence-corrected chi connectivity index (χ0v) is 46.1. The van der Waals surface area contributed by atoms with Crippen LogP contribution < -0.4 is 0 Å². The molecule has 1 N–H and O–H groups in total. The summed E-state index contributed by atoms with van der Waals surface area (Å²) in [7, 11) is 0. The fourth-order valence-electron chi connectivity index (χ4n) is 7.98. The Labute approximate surface area is 412 Å². The molecular weight excluding hydrogens is 797 g/mol. The lowest BCUT2D eigenvalue weighted by atomic mass is 10.0. The minimum absolute atomic E-state index is 0.148. The van der Waals surface area contributed by atoms with Crippen LogP contribution in [0.2, 0.25) is 0 Å². The van der Waals surface area contributed by atoms with Crippen molar-refractivity contribution < 1.29 is 5.11 Å². The number of aliphatic hydroxyl groups is 1. The molecule has 0 saturated heterocycles. The van der Waals surface area contributed by atoms with Gasteiger partial charge in [-0.25, -0.2) is 0 Å². The zero-order valence-electron chi connectivity index (χ0n) is 46.1. The molecule has 0 aliphatic carbocycles. The molecule has 0 saturated carbocycles. The molecule has 0 aromatic heterocycles. The standard InChI is InChI=1S/C65H106O/c1-53(2)27-15-28-54(3)29-16-30-55(4)31-17-32-56(5)33-18-34-57(6)35-19-36-58(7)37-20-38-59(8)39-21-40-60(9)41-22-42-61(10)43-23-44-62(11)45-24-46-63(12)47-25-48-64(13)49-26-50-65(14)51-52-66/h27,29,31,33,35,37,39,41,43,45,47,49,51,66H,15-26,28,30,32,34,36,38,40,42,44,46,48,50,52H2,1-14H3. The summed E-state index contributed by atoms with van der Waals surface area (Å²) in [5.41, 5.74) is 19.4. The van der Waals surface area contributed by atoms with Crippen LogP contribution in [0, 0.1) is 0 Å². The summed E-state index contributed by atoms with van der Waals surface area (Å²) >= 11 is 0. The van der Waals surface area contributed by atoms with Gasteiger partial charge in [0.15, 0.2) is 0 Å². The van der Waals surface area contributed by atoms with E-state index in [2.05, 4.69) is 170 Å². The summed E-state index contributed by atoms with van der Waals surface area (Å²) < 4.78 is 0. The lowest BCUT2D eigenvalue weighted by Crippen LogP contribution is -1.84. The third kappa shape index (κ3) is 42.0. The van der Waals surface area contributed by atoms with E-state index in [-0.39, 0.29) is 6.61 Å². The van der Waals surface area contributed by atoms with E-state index >= 15 is 0 Å². The van der Waals surface area contributed by atoms with Crippen LogP contribution in [0.4, 0.5) is 0 Å². The largest absolute Gasteiger partial charge is 0.392 e. The molecule has 0 atom stereocenters. The van der Waals surface area contributed by atoms with Crippen LogP contribution in [0.1, 0.15) is 251 Å². The van der Waals surface area contributed by atoms with Gasteiger partial charge in [0.05, 0.1) is 6.61 Å². The Morgan fingerprint density at radius 3 is 0.439 bits per heavy atom. The third-order valence-electron chi connectivity index (χ3n) is 12.9. The van der Waals surface area contributed by atoms with E-state index in [0.29, 0.717) is 0 Å². The highest BCUT2D eigenvalue weighted by atomic mass is 16.2. The van der Waals surface area contributed by atoms with Gasteiger partial charge in [-0.2, -0.15) is 0 Å². The molecule has 0 aliphatic rings. The van der Waals surface area contributed by atoms with Crippen molar-refractivity contribution in [3.63, 3.8) is 0 Å². The Morgan fingerprint density at radius 1 is 0.197 bits per heavy atom. The van der Waals surface area contributed by atoms with Gasteiger partial charge >= 0.3 is 0 Å². The number of rotatable bonds is 37. The van der Waals surface area contributed by atoms with Crippen molar-refractivity contribution in [1.29, 1.82) is 0 Å². The van der Waals surface area contributed by atoms with E-state index in [4.69, 9.17) is 5.11 Å². The van der Waals surface area contributed by atoms with Gasteiger partial charge in [-0.1, -0.05) is 151 Å². The summed E-state index contributed by atoms with van der Waals surface area (Å²) in [5.74, 6) is 0. The molecule has 0 aliphatic heterocycles. The highest BCUT2D eigenvalue weighted by molar-refractivity contribution is 5.12. The molecule has 1 heteroatoms. The monoisotopic (exact) mass is 903 g/mol. The second kappa shape index (κ2) is 41.7. The quantitative estimate of drug-likeness (QED) is 0.0616. The molecular formula is C65H106O. The SMILES string of the molecule is CC(C)=CCCC(C)=CCCC(C)=CCCC(C)=CCCC(C)=CCCC(C)=CCCC(C)=CCCC(C)=CCCC(C)=CCCC(C)=CCCC(C)=CCCC(C)=CCCC(C)=CCO. The molecule has 372 valence electrons. The van der Waals surface area contributed by atoms with Crippen molar-refractivity contribution in [2.75, 3.05) is 6.61 Å². The van der Waals surface area contributed by atoms with Crippen LogP contribution in [0.25, 0.3) is 0 Å². The van der Waals surface area contributed by atoms with Crippen molar-refractivity contribution >= 4 is 0 Å². The smallest absolute Gasteiger partial charge is 0.0614 e. The maximum absolute atomic E-state index is 9.01. The van der Waals surface area contributed by atoms with E-state index in [0.717, 1.165) is 89.9 Å². The normalized spacial score (nSPS) is 15.1. The van der Waals surface area contributed by atoms with Gasteiger partial charge in [-0.15, -0.1) is 0 Å². The van der Waals surface area contributed by atoms with Gasteiger partial charge in [0.2, 0.25) is 0 Å². The predicted octanol–water partition coefficient (Wildman–Crippen LogP) is 21.7. The first kappa shape index (κ1) is 62.6. The summed E-state index contributed by atoms with van der Waals surface area (Å²) in [6.07, 6.45) is 58.9. The Kier molecular flexibility index (Phi) is 39.6. The zero-order chi connectivity index (χ0) is 49.4. The Bertz CT molecular complexity index is 1730. The van der Waals surface area contributed by atoms with E-state index < -0.39 is 0 Å². The maximum atomic E-state index is 9.01. The first-order chi connectivity index (χ1) is 31.5. The Balaban J connectivity index is 4.29. The minimum atomic E-state index is 0.148. The summed E-state index contributed by atoms with van der Waals surface area (Å²) in [6.45, 7) is 31.9. The van der Waals surface area contributed by atoms with E-state index in [9.17, 15) is 0 Å². The minimum Gasteiger partial charge on any atom is -0.392 e. The molecule has 0 spiro atoms. The first-order valence-corrected chi connectivity index (χ1v) is 26.6. The topological polar surface area (TPSA) is 20.2 Å². The average Bonchev–Trinajstić information content (AvgIpc) is 3.23. The van der Waals surface area contributed by atoms with Crippen molar-refractivity contribution in [2.24, 2.45) is 0 Å². The molecule has 0 aromatic rings. The van der Waals surface area contributed by atoms with Crippen molar-refractivity contribution in [3.8, 4) is 0 Å². The van der Waals surface area contributed by atoms with E-state index in [1.54, 1.807) is 0 Å². The molecule has 0 amide bonds. The second-order valence-electron chi connectivity index (χ2n) is 20.5. The van der Waals surface area contributed by atoms with Crippen LogP contribution in [0.3, 0.4) is 0 Å². The maximum Gasteiger partial charge on any atom is 0.0614 e. The fraction of sp³-hybridized carbons (Fsp3) is 0.600. The molecule has 66 heavy (non-hydrogen) atoms. The lowest BCUT2D eigenvalue weighted by molar-refractivity contribution is 0.341. The molecule has 0 rings (SSSR count). The van der Waals surface area contributed by atoms with Gasteiger partial charge in [-0.3, -0.25) is 0 Å². The third-order valence-corrected chi connectivity index (χ3v) is 12.9. The van der Waals surface area contributed by atoms with Gasteiger partial charge in [0.25, 0.3) is 0 Å². The van der Waals surface area contributed by atoms with Crippen molar-refractivity contribution in [3.05, 3.63) is 151 Å². The molecule has 0 heterocycles. The Morgan fingerprint density at radius 2 is 0.318 bits per heavy atom. The summed E-state index contributed by atoms with van der Waals surface area (Å²) in [4.78, 5) is 0. The summed E-state index contributed by atoms with van der Waals surface area (Å²) in [5, 5.41) is 9.01. The predicted molar refractivity (Wildman–Crippen MR) is 302 cm³/mol. The van der Waals surface area contributed by atoms with E-state index in [1.807, 2.05) is 6.08 Å². The molecule has 0 unspecified atom stereocenters. The molecule has 1 nitrogen and oxygen atoms in total. The number of aliphatic hydroxyl groups excluding tert-OH is 1. The van der Waals surface area contributed by atoms with Gasteiger partial charge < -0.3 is 5.11 Å². The van der Waals surface area contributed by atoms with Crippen LogP contribution in [-0.4, -0.2) is 11.7 Å². The molecule has 0 bridgehead atoms. The molecule has 0 radical (unpaired) electrons. The van der Waals surface area contributed by atoms with Crippen LogP contribution >= 0.6 is 0 Å². The fourth-order valence-corrected chi connectivity index (χ4v) is 7.98. The summed E-state index contributed by atoms with van der Waals surface area (Å²) in [6, 6.07) is 0. The van der Waals surface area contributed by atoms with Crippen LogP contribution in [-0.2, 0) is 0 Å². The first-order valence-electron chi connectivity index (χ1n) is 26.6. The second-order valence-corrected chi connectivity index (χ2v) is 20.5. The Hall–Kier alpha value is -3.42. The van der Waals surface area contributed by atoms with Crippen molar-refractivity contribution in [2.45, 2.75) is 251 Å². The highest BCUT2D eigenvalue weighted by Crippen LogP contribution is 2.19. The highest BCUT2D eigenvalue weighted by Gasteiger charge is 1.99. The van der Waals surface area contributed by atoms with Crippen molar-refractivity contribution in [1.82, 2.24) is 0 Å². The lowest BCUT2D eigenvalue weighted by Gasteiger charge is -2.04.